The summed E-state index contributed by atoms with van der Waals surface area (Å²) in [5.41, 5.74) is 1.54. The van der Waals surface area contributed by atoms with E-state index < -0.39 is 12.0 Å². The van der Waals surface area contributed by atoms with Crippen molar-refractivity contribution in [1.29, 1.82) is 0 Å². The lowest BCUT2D eigenvalue weighted by molar-refractivity contribution is -0.139. The summed E-state index contributed by atoms with van der Waals surface area (Å²) in [7, 11) is 0. The largest absolute Gasteiger partial charge is 0.481 e. The van der Waals surface area contributed by atoms with Gasteiger partial charge in [-0.25, -0.2) is 0 Å². The van der Waals surface area contributed by atoms with E-state index in [1.54, 1.807) is 17.0 Å². The van der Waals surface area contributed by atoms with Gasteiger partial charge in [0.2, 0.25) is 0 Å². The van der Waals surface area contributed by atoms with Gasteiger partial charge >= 0.3 is 5.97 Å². The number of ether oxygens (including phenoxy) is 1. The first-order valence-corrected chi connectivity index (χ1v) is 7.14. The van der Waals surface area contributed by atoms with Crippen molar-refractivity contribution in [3.05, 3.63) is 33.8 Å². The summed E-state index contributed by atoms with van der Waals surface area (Å²) >= 11 is 3.37. The summed E-state index contributed by atoms with van der Waals surface area (Å²) in [6.07, 6.45) is -0.0985. The molecule has 0 spiro atoms. The number of nitrogens with zero attached hydrogens (tertiary/aromatic N) is 1. The Bertz CT molecular complexity index is 512. The molecule has 1 aromatic rings. The number of halogens is 1. The highest BCUT2D eigenvalue weighted by Crippen LogP contribution is 2.20. The molecule has 20 heavy (non-hydrogen) atoms. The number of hydrogen-bond acceptors (Lipinski definition) is 3. The van der Waals surface area contributed by atoms with E-state index in [-0.39, 0.29) is 18.9 Å². The second-order valence-corrected chi connectivity index (χ2v) is 5.76. The van der Waals surface area contributed by atoms with Crippen molar-refractivity contribution in [3.8, 4) is 0 Å². The number of morpholine rings is 1. The molecule has 1 fully saturated rings. The van der Waals surface area contributed by atoms with E-state index in [9.17, 15) is 9.59 Å². The molecule has 1 N–H and O–H groups in total. The number of carboxylic acid groups (broad SMARTS) is 1. The normalized spacial score (nSPS) is 18.9. The topological polar surface area (TPSA) is 66.8 Å². The maximum Gasteiger partial charge on any atom is 0.305 e. The molecule has 1 amide bonds. The Hall–Kier alpha value is -1.40. The lowest BCUT2D eigenvalue weighted by Gasteiger charge is -2.35. The van der Waals surface area contributed by atoms with Crippen LogP contribution in [0.3, 0.4) is 0 Å². The molecule has 0 saturated carbocycles. The molecule has 5 nitrogen and oxygen atoms in total. The molecule has 0 radical (unpaired) electrons. The van der Waals surface area contributed by atoms with Crippen LogP contribution in [0, 0.1) is 6.92 Å². The Balaban J connectivity index is 2.22. The van der Waals surface area contributed by atoms with Crippen molar-refractivity contribution in [2.24, 2.45) is 0 Å². The number of hydrogen-bond donors (Lipinski definition) is 1. The summed E-state index contributed by atoms with van der Waals surface area (Å²) in [5.74, 6) is -1.08. The molecule has 0 aliphatic carbocycles. The fourth-order valence-electron chi connectivity index (χ4n) is 2.32. The number of rotatable bonds is 3. The average molecular weight is 342 g/mol. The van der Waals surface area contributed by atoms with E-state index in [1.165, 1.54) is 0 Å². The molecule has 0 aromatic heterocycles. The van der Waals surface area contributed by atoms with Crippen LogP contribution in [0.5, 0.6) is 0 Å². The Kier molecular flexibility index (Phi) is 4.77. The van der Waals surface area contributed by atoms with Crippen LogP contribution in [0.15, 0.2) is 22.7 Å². The van der Waals surface area contributed by atoms with Gasteiger partial charge in [0.25, 0.3) is 5.91 Å². The molecule has 1 aromatic carbocycles. The number of aliphatic carboxylic acids is 1. The van der Waals surface area contributed by atoms with Gasteiger partial charge in [-0.1, -0.05) is 15.9 Å². The lowest BCUT2D eigenvalue weighted by atomic mass is 10.1. The number of amides is 1. The molecule has 1 saturated heterocycles. The first-order chi connectivity index (χ1) is 9.47. The zero-order chi connectivity index (χ0) is 14.7. The predicted molar refractivity (Wildman–Crippen MR) is 76.8 cm³/mol. The van der Waals surface area contributed by atoms with E-state index in [0.717, 1.165) is 10.0 Å². The number of aryl methyl sites for hydroxylation is 1. The summed E-state index contributed by atoms with van der Waals surface area (Å²) < 4.78 is 6.12. The smallest absolute Gasteiger partial charge is 0.305 e. The maximum absolute atomic E-state index is 12.6. The SMILES string of the molecule is Cc1cc(Br)cc(C(=O)N2CCOCC2CC(=O)O)c1. The van der Waals surface area contributed by atoms with Gasteiger partial charge in [0, 0.05) is 16.6 Å². The quantitative estimate of drug-likeness (QED) is 0.913. The van der Waals surface area contributed by atoms with Gasteiger partial charge < -0.3 is 14.7 Å². The Morgan fingerprint density at radius 2 is 2.20 bits per heavy atom. The van der Waals surface area contributed by atoms with E-state index in [1.807, 2.05) is 13.0 Å². The Labute approximate surface area is 125 Å². The fourth-order valence-corrected chi connectivity index (χ4v) is 2.93. The molecule has 1 atom stereocenters. The summed E-state index contributed by atoms with van der Waals surface area (Å²) in [6, 6.07) is 5.07. The second-order valence-electron chi connectivity index (χ2n) is 4.84. The average Bonchev–Trinajstić information content (AvgIpc) is 2.36. The van der Waals surface area contributed by atoms with Crippen molar-refractivity contribution in [2.45, 2.75) is 19.4 Å². The minimum absolute atomic E-state index is 0.0985. The monoisotopic (exact) mass is 341 g/mol. The van der Waals surface area contributed by atoms with Crippen LogP contribution in [-0.4, -0.2) is 47.7 Å². The maximum atomic E-state index is 12.6. The first kappa shape index (κ1) is 15.0. The third-order valence-corrected chi connectivity index (χ3v) is 3.65. The minimum Gasteiger partial charge on any atom is -0.481 e. The fraction of sp³-hybridized carbons (Fsp3) is 0.429. The first-order valence-electron chi connectivity index (χ1n) is 6.35. The zero-order valence-corrected chi connectivity index (χ0v) is 12.7. The van der Waals surface area contributed by atoms with Crippen LogP contribution >= 0.6 is 15.9 Å². The van der Waals surface area contributed by atoms with E-state index in [0.29, 0.717) is 18.7 Å². The van der Waals surface area contributed by atoms with E-state index >= 15 is 0 Å². The van der Waals surface area contributed by atoms with Crippen LogP contribution in [0.1, 0.15) is 22.3 Å². The highest BCUT2D eigenvalue weighted by atomic mass is 79.9. The lowest BCUT2D eigenvalue weighted by Crippen LogP contribution is -2.49. The van der Waals surface area contributed by atoms with Gasteiger partial charge in [-0.3, -0.25) is 9.59 Å². The van der Waals surface area contributed by atoms with E-state index in [2.05, 4.69) is 15.9 Å². The number of carboxylic acids is 1. The van der Waals surface area contributed by atoms with Gasteiger partial charge in [0.1, 0.15) is 0 Å². The summed E-state index contributed by atoms with van der Waals surface area (Å²) in [5, 5.41) is 8.92. The third-order valence-electron chi connectivity index (χ3n) is 3.19. The van der Waals surface area contributed by atoms with Gasteiger partial charge in [0.15, 0.2) is 0 Å². The standard InChI is InChI=1S/C14H16BrNO4/c1-9-4-10(6-11(15)5-9)14(19)16-2-3-20-8-12(16)7-13(17)18/h4-6,12H,2-3,7-8H2,1H3,(H,17,18). The molecular weight excluding hydrogens is 326 g/mol. The second kappa shape index (κ2) is 6.37. The highest BCUT2D eigenvalue weighted by molar-refractivity contribution is 9.10. The number of carbonyl (C=O) groups is 2. The molecule has 1 unspecified atom stereocenters. The van der Waals surface area contributed by atoms with Crippen molar-refractivity contribution in [2.75, 3.05) is 19.8 Å². The van der Waals surface area contributed by atoms with Crippen LogP contribution < -0.4 is 0 Å². The Morgan fingerprint density at radius 3 is 2.85 bits per heavy atom. The number of carbonyl (C=O) groups excluding carboxylic acids is 1. The summed E-state index contributed by atoms with van der Waals surface area (Å²) in [4.78, 5) is 25.0. The number of benzene rings is 1. The van der Waals surface area contributed by atoms with Crippen molar-refractivity contribution >= 4 is 27.8 Å². The molecule has 1 aliphatic rings. The molecule has 0 bridgehead atoms. The third kappa shape index (κ3) is 3.58. The van der Waals surface area contributed by atoms with Gasteiger partial charge in [-0.05, 0) is 30.7 Å². The zero-order valence-electron chi connectivity index (χ0n) is 11.1. The predicted octanol–water partition coefficient (Wildman–Crippen LogP) is 2.07. The van der Waals surface area contributed by atoms with E-state index in [4.69, 9.17) is 9.84 Å². The molecule has 6 heteroatoms. The van der Waals surface area contributed by atoms with Crippen molar-refractivity contribution < 1.29 is 19.4 Å². The van der Waals surface area contributed by atoms with Crippen LogP contribution in [-0.2, 0) is 9.53 Å². The molecule has 2 rings (SSSR count). The summed E-state index contributed by atoms with van der Waals surface area (Å²) in [6.45, 7) is 3.04. The molecule has 1 aliphatic heterocycles. The van der Waals surface area contributed by atoms with Crippen LogP contribution in [0.25, 0.3) is 0 Å². The highest BCUT2D eigenvalue weighted by Gasteiger charge is 2.29. The van der Waals surface area contributed by atoms with Gasteiger partial charge in [0.05, 0.1) is 25.7 Å². The molecular formula is C14H16BrNO4. The molecule has 108 valence electrons. The van der Waals surface area contributed by atoms with Gasteiger partial charge in [-0.15, -0.1) is 0 Å². The Morgan fingerprint density at radius 1 is 1.45 bits per heavy atom. The van der Waals surface area contributed by atoms with Gasteiger partial charge in [-0.2, -0.15) is 0 Å². The van der Waals surface area contributed by atoms with Crippen molar-refractivity contribution in [3.63, 3.8) is 0 Å². The minimum atomic E-state index is -0.927. The van der Waals surface area contributed by atoms with Crippen LogP contribution in [0.2, 0.25) is 0 Å². The van der Waals surface area contributed by atoms with Crippen molar-refractivity contribution in [1.82, 2.24) is 4.90 Å². The van der Waals surface area contributed by atoms with Crippen LogP contribution in [0.4, 0.5) is 0 Å². The molecule has 1 heterocycles.